The summed E-state index contributed by atoms with van der Waals surface area (Å²) in [6, 6.07) is 40.4. The first-order valence-corrected chi connectivity index (χ1v) is 22.1. The fourth-order valence-corrected chi connectivity index (χ4v) is 7.81. The topological polar surface area (TPSA) is 89.5 Å². The zero-order valence-corrected chi connectivity index (χ0v) is 36.5. The first-order valence-electron chi connectivity index (χ1n) is 22.1. The molecular weight excluding hydrogens is 777 g/mol. The number of unbranched alkanes of at least 4 members (excludes halogenated alkanes) is 4. The molecule has 0 aliphatic heterocycles. The number of rotatable bonds is 22. The molecule has 62 heavy (non-hydrogen) atoms. The highest BCUT2D eigenvalue weighted by Gasteiger charge is 2.24. The van der Waals surface area contributed by atoms with Gasteiger partial charge in [0.05, 0.1) is 0 Å². The van der Waals surface area contributed by atoms with Gasteiger partial charge in [0.25, 0.3) is 0 Å². The van der Waals surface area contributed by atoms with Crippen molar-refractivity contribution in [2.75, 3.05) is 26.4 Å². The molecule has 8 nitrogen and oxygen atoms in total. The molecule has 0 spiro atoms. The van der Waals surface area contributed by atoms with Crippen molar-refractivity contribution in [1.29, 1.82) is 0 Å². The summed E-state index contributed by atoms with van der Waals surface area (Å²) in [6.45, 7) is 8.67. The highest BCUT2D eigenvalue weighted by atomic mass is 16.6. The Labute approximate surface area is 365 Å². The quantitative estimate of drug-likeness (QED) is 0.0379. The molecule has 7 rings (SSSR count). The fourth-order valence-electron chi connectivity index (χ4n) is 7.81. The van der Waals surface area contributed by atoms with E-state index in [9.17, 15) is 9.59 Å². The number of carbonyl (C=O) groups excluding carboxylic acids is 2. The Hall–Kier alpha value is -6.28. The summed E-state index contributed by atoms with van der Waals surface area (Å²) in [6.07, 6.45) is 4.73. The number of aryl methyl sites for hydroxylation is 2. The van der Waals surface area contributed by atoms with Crippen LogP contribution < -0.4 is 18.9 Å². The third-order valence-electron chi connectivity index (χ3n) is 11.1. The summed E-state index contributed by atoms with van der Waals surface area (Å²) in [5.74, 6) is 2.19. The predicted octanol–water partition coefficient (Wildman–Crippen LogP) is 12.8. The van der Waals surface area contributed by atoms with Gasteiger partial charge in [-0.15, -0.1) is 0 Å². The van der Waals surface area contributed by atoms with Gasteiger partial charge in [-0.2, -0.15) is 0 Å². The van der Waals surface area contributed by atoms with Crippen LogP contribution in [0.2, 0.25) is 0 Å². The molecule has 0 N–H and O–H groups in total. The molecule has 0 saturated heterocycles. The molecule has 0 bridgehead atoms. The van der Waals surface area contributed by atoms with E-state index in [0.717, 1.165) is 92.7 Å². The summed E-state index contributed by atoms with van der Waals surface area (Å²) < 4.78 is 38.5. The Balaban J connectivity index is 1.18. The smallest absolute Gasteiger partial charge is 0.306 e. The van der Waals surface area contributed by atoms with Gasteiger partial charge in [0.15, 0.2) is 12.2 Å². The van der Waals surface area contributed by atoms with Crippen molar-refractivity contribution in [3.63, 3.8) is 0 Å². The van der Waals surface area contributed by atoms with E-state index in [0.29, 0.717) is 35.8 Å². The summed E-state index contributed by atoms with van der Waals surface area (Å²) in [5, 5.41) is 7.47. The van der Waals surface area contributed by atoms with Crippen LogP contribution in [-0.4, -0.2) is 50.6 Å². The minimum absolute atomic E-state index is 0.0675. The number of esters is 2. The van der Waals surface area contributed by atoms with Crippen molar-refractivity contribution in [2.45, 2.75) is 91.3 Å². The standard InChI is InChI=1S/C54H58O8/c1-5-7-9-25-51(55)61-41(33-57-49-23-15-19-39-17-11-13-21-43(39)49)35-59-53-45-29-27-38(4)32-48(45)54(46-30-28-37(3)31-47(46)53)60-36-42(62-52(56)26-10-8-6-2)34-58-50-24-16-20-40-18-12-14-22-44(40)50/h11-24,27-32,41-42H,5-10,25-26,33-36H2,1-4H3. The lowest BCUT2D eigenvalue weighted by atomic mass is 9.97. The van der Waals surface area contributed by atoms with Crippen LogP contribution in [0.4, 0.5) is 0 Å². The van der Waals surface area contributed by atoms with E-state index in [2.05, 4.69) is 26.0 Å². The van der Waals surface area contributed by atoms with Gasteiger partial charge in [0, 0.05) is 45.2 Å². The van der Waals surface area contributed by atoms with Crippen LogP contribution in [0.3, 0.4) is 0 Å². The van der Waals surface area contributed by atoms with Crippen molar-refractivity contribution in [1.82, 2.24) is 0 Å². The minimum Gasteiger partial charge on any atom is -0.489 e. The maximum atomic E-state index is 13.2. The Morgan fingerprint density at radius 2 is 0.839 bits per heavy atom. The summed E-state index contributed by atoms with van der Waals surface area (Å²) >= 11 is 0. The van der Waals surface area contributed by atoms with Gasteiger partial charge in [-0.05, 0) is 61.7 Å². The van der Waals surface area contributed by atoms with Gasteiger partial charge < -0.3 is 28.4 Å². The monoisotopic (exact) mass is 834 g/mol. The number of benzene rings is 7. The first-order chi connectivity index (χ1) is 30.3. The molecule has 322 valence electrons. The molecule has 7 aromatic carbocycles. The lowest BCUT2D eigenvalue weighted by Crippen LogP contribution is -2.31. The average Bonchev–Trinajstić information content (AvgIpc) is 3.28. The molecule has 0 aliphatic rings. The van der Waals surface area contributed by atoms with Crippen LogP contribution in [0, 0.1) is 13.8 Å². The SMILES string of the molecule is CCCCCC(=O)OC(COc1cccc2ccccc12)COc1c2ccc(C)cc2c(OCC(COc2cccc3ccccc23)OC(=O)CCCCC)c2ccc(C)cc12. The summed E-state index contributed by atoms with van der Waals surface area (Å²) in [5.41, 5.74) is 2.08. The molecule has 0 amide bonds. The highest BCUT2D eigenvalue weighted by Crippen LogP contribution is 2.44. The first kappa shape index (κ1) is 43.8. The maximum Gasteiger partial charge on any atom is 0.306 e. The molecule has 7 aromatic rings. The molecule has 0 aliphatic carbocycles. The second-order valence-electron chi connectivity index (χ2n) is 16.1. The normalized spacial score (nSPS) is 12.3. The van der Waals surface area contributed by atoms with Crippen LogP contribution in [0.5, 0.6) is 23.0 Å². The van der Waals surface area contributed by atoms with Gasteiger partial charge >= 0.3 is 11.9 Å². The molecule has 0 fully saturated rings. The predicted molar refractivity (Wildman–Crippen MR) is 249 cm³/mol. The van der Waals surface area contributed by atoms with Crippen molar-refractivity contribution in [3.05, 3.63) is 132 Å². The second-order valence-corrected chi connectivity index (χ2v) is 16.1. The zero-order valence-electron chi connectivity index (χ0n) is 36.5. The Morgan fingerprint density at radius 1 is 0.435 bits per heavy atom. The van der Waals surface area contributed by atoms with Crippen LogP contribution in [0.25, 0.3) is 43.1 Å². The molecule has 0 aromatic heterocycles. The van der Waals surface area contributed by atoms with Gasteiger partial charge in [-0.25, -0.2) is 0 Å². The minimum atomic E-state index is -0.686. The van der Waals surface area contributed by atoms with Gasteiger partial charge in [-0.3, -0.25) is 9.59 Å². The Morgan fingerprint density at radius 3 is 1.27 bits per heavy atom. The molecule has 0 radical (unpaired) electrons. The lowest BCUT2D eigenvalue weighted by molar-refractivity contribution is -0.153. The maximum absolute atomic E-state index is 13.2. The molecule has 0 saturated carbocycles. The third-order valence-corrected chi connectivity index (χ3v) is 11.1. The third kappa shape index (κ3) is 11.1. The van der Waals surface area contributed by atoms with E-state index in [-0.39, 0.29) is 38.4 Å². The van der Waals surface area contributed by atoms with Crippen LogP contribution >= 0.6 is 0 Å². The van der Waals surface area contributed by atoms with Crippen LogP contribution in [-0.2, 0) is 19.1 Å². The fraction of sp³-hybridized carbons (Fsp3) is 0.333. The largest absolute Gasteiger partial charge is 0.489 e. The second kappa shape index (κ2) is 21.5. The van der Waals surface area contributed by atoms with Gasteiger partial charge in [0.1, 0.15) is 49.4 Å². The zero-order chi connectivity index (χ0) is 43.3. The lowest BCUT2D eigenvalue weighted by Gasteiger charge is -2.24. The summed E-state index contributed by atoms with van der Waals surface area (Å²) in [4.78, 5) is 26.3. The molecule has 2 atom stereocenters. The number of hydrogen-bond acceptors (Lipinski definition) is 8. The van der Waals surface area contributed by atoms with Crippen molar-refractivity contribution < 1.29 is 38.0 Å². The molecule has 2 unspecified atom stereocenters. The number of fused-ring (bicyclic) bond motifs is 4. The van der Waals surface area contributed by atoms with Crippen LogP contribution in [0.15, 0.2) is 121 Å². The Kier molecular flexibility index (Phi) is 15.2. The summed E-state index contributed by atoms with van der Waals surface area (Å²) in [7, 11) is 0. The highest BCUT2D eigenvalue weighted by molar-refractivity contribution is 6.11. The van der Waals surface area contributed by atoms with Crippen molar-refractivity contribution in [3.8, 4) is 23.0 Å². The van der Waals surface area contributed by atoms with E-state index >= 15 is 0 Å². The average molecular weight is 835 g/mol. The van der Waals surface area contributed by atoms with E-state index < -0.39 is 12.2 Å². The number of carbonyl (C=O) groups is 2. The van der Waals surface area contributed by atoms with E-state index in [1.807, 2.05) is 123 Å². The van der Waals surface area contributed by atoms with Crippen molar-refractivity contribution in [2.24, 2.45) is 0 Å². The van der Waals surface area contributed by atoms with E-state index in [4.69, 9.17) is 28.4 Å². The van der Waals surface area contributed by atoms with E-state index in [1.54, 1.807) is 0 Å². The molecular formula is C54H58O8. The Bertz CT molecular complexity index is 2420. The van der Waals surface area contributed by atoms with E-state index in [1.165, 1.54) is 0 Å². The number of ether oxygens (including phenoxy) is 6. The molecule has 8 heteroatoms. The molecule has 0 heterocycles. The number of hydrogen-bond donors (Lipinski definition) is 0. The van der Waals surface area contributed by atoms with Crippen LogP contribution in [0.1, 0.15) is 76.3 Å². The van der Waals surface area contributed by atoms with Crippen molar-refractivity contribution >= 4 is 55.0 Å². The van der Waals surface area contributed by atoms with Gasteiger partial charge in [0.2, 0.25) is 0 Å². The van der Waals surface area contributed by atoms with Gasteiger partial charge in [-0.1, -0.05) is 148 Å².